The van der Waals surface area contributed by atoms with Crippen molar-refractivity contribution < 1.29 is 5.11 Å². The summed E-state index contributed by atoms with van der Waals surface area (Å²) in [7, 11) is 0. The minimum atomic E-state index is -0.779. The van der Waals surface area contributed by atoms with E-state index in [2.05, 4.69) is 15.9 Å². The summed E-state index contributed by atoms with van der Waals surface area (Å²) in [5.41, 5.74) is 1.38. The molecule has 0 aliphatic heterocycles. The molecule has 1 atom stereocenters. The van der Waals surface area contributed by atoms with Crippen molar-refractivity contribution in [2.75, 3.05) is 0 Å². The number of hydrogen-bond donors (Lipinski definition) is 1. The van der Waals surface area contributed by atoms with Crippen LogP contribution >= 0.6 is 39.1 Å². The third kappa shape index (κ3) is 2.83. The molecule has 0 saturated heterocycles. The molecule has 17 heavy (non-hydrogen) atoms. The van der Waals surface area contributed by atoms with Gasteiger partial charge >= 0.3 is 0 Å². The molecular formula is C13H9BrCl2O. The van der Waals surface area contributed by atoms with Crippen molar-refractivity contribution in [2.24, 2.45) is 0 Å². The van der Waals surface area contributed by atoms with Gasteiger partial charge in [-0.05, 0) is 23.8 Å². The molecule has 0 bridgehead atoms. The van der Waals surface area contributed by atoms with E-state index in [1.165, 1.54) is 0 Å². The van der Waals surface area contributed by atoms with Crippen LogP contribution in [-0.2, 0) is 0 Å². The van der Waals surface area contributed by atoms with E-state index in [1.807, 2.05) is 24.3 Å². The van der Waals surface area contributed by atoms with Crippen LogP contribution in [0.15, 0.2) is 46.9 Å². The zero-order valence-corrected chi connectivity index (χ0v) is 11.8. The molecule has 1 nitrogen and oxygen atoms in total. The SMILES string of the molecule is OC(c1cccc(Br)c1)c1cccc(Cl)c1Cl. The van der Waals surface area contributed by atoms with Crippen molar-refractivity contribution in [1.82, 2.24) is 0 Å². The average Bonchev–Trinajstić information content (AvgIpc) is 2.32. The van der Waals surface area contributed by atoms with E-state index in [9.17, 15) is 5.11 Å². The Hall–Kier alpha value is -0.540. The second-order valence-corrected chi connectivity index (χ2v) is 5.30. The van der Waals surface area contributed by atoms with Crippen molar-refractivity contribution in [3.63, 3.8) is 0 Å². The second kappa shape index (κ2) is 5.40. The maximum atomic E-state index is 10.3. The largest absolute Gasteiger partial charge is 0.384 e. The summed E-state index contributed by atoms with van der Waals surface area (Å²) in [5.74, 6) is 0. The lowest BCUT2D eigenvalue weighted by molar-refractivity contribution is 0.220. The van der Waals surface area contributed by atoms with E-state index in [1.54, 1.807) is 18.2 Å². The van der Waals surface area contributed by atoms with Crippen molar-refractivity contribution >= 4 is 39.1 Å². The smallest absolute Gasteiger partial charge is 0.106 e. The van der Waals surface area contributed by atoms with Gasteiger partial charge in [0.15, 0.2) is 0 Å². The molecule has 4 heteroatoms. The lowest BCUT2D eigenvalue weighted by atomic mass is 10.0. The van der Waals surface area contributed by atoms with E-state index >= 15 is 0 Å². The summed E-state index contributed by atoms with van der Waals surface area (Å²) in [6, 6.07) is 12.7. The minimum absolute atomic E-state index is 0.390. The maximum absolute atomic E-state index is 10.3. The average molecular weight is 332 g/mol. The lowest BCUT2D eigenvalue weighted by Gasteiger charge is -2.14. The number of aliphatic hydroxyl groups excluding tert-OH is 1. The fraction of sp³-hybridized carbons (Fsp3) is 0.0769. The maximum Gasteiger partial charge on any atom is 0.106 e. The third-order valence-corrected chi connectivity index (χ3v) is 3.77. The van der Waals surface area contributed by atoms with Crippen LogP contribution in [0.3, 0.4) is 0 Å². The van der Waals surface area contributed by atoms with Crippen molar-refractivity contribution in [3.8, 4) is 0 Å². The Labute approximate surface area is 118 Å². The van der Waals surface area contributed by atoms with E-state index in [0.717, 1.165) is 10.0 Å². The number of hydrogen-bond acceptors (Lipinski definition) is 1. The molecule has 0 radical (unpaired) electrons. The van der Waals surface area contributed by atoms with Gasteiger partial charge in [-0.1, -0.05) is 63.4 Å². The Morgan fingerprint density at radius 1 is 1.06 bits per heavy atom. The van der Waals surface area contributed by atoms with Crippen LogP contribution in [0.4, 0.5) is 0 Å². The summed E-state index contributed by atoms with van der Waals surface area (Å²) in [6.07, 6.45) is -0.779. The third-order valence-electron chi connectivity index (χ3n) is 2.44. The van der Waals surface area contributed by atoms with Gasteiger partial charge in [0.1, 0.15) is 6.10 Å². The molecule has 0 aliphatic carbocycles. The predicted molar refractivity (Wildman–Crippen MR) is 74.7 cm³/mol. The normalized spacial score (nSPS) is 12.5. The molecule has 0 spiro atoms. The predicted octanol–water partition coefficient (Wildman–Crippen LogP) is 4.84. The van der Waals surface area contributed by atoms with Gasteiger partial charge in [0.25, 0.3) is 0 Å². The fourth-order valence-electron chi connectivity index (χ4n) is 1.59. The first-order valence-corrected chi connectivity index (χ1v) is 6.52. The summed E-state index contributed by atoms with van der Waals surface area (Å²) >= 11 is 15.4. The monoisotopic (exact) mass is 330 g/mol. The van der Waals surface area contributed by atoms with E-state index in [0.29, 0.717) is 15.6 Å². The highest BCUT2D eigenvalue weighted by molar-refractivity contribution is 9.10. The number of aliphatic hydroxyl groups is 1. The number of halogens is 3. The first-order valence-electron chi connectivity index (χ1n) is 4.97. The molecule has 88 valence electrons. The van der Waals surface area contributed by atoms with Crippen molar-refractivity contribution in [1.29, 1.82) is 0 Å². The highest BCUT2D eigenvalue weighted by Crippen LogP contribution is 2.33. The molecule has 1 N–H and O–H groups in total. The fourth-order valence-corrected chi connectivity index (χ4v) is 2.42. The molecule has 0 aliphatic rings. The molecule has 2 aromatic rings. The second-order valence-electron chi connectivity index (χ2n) is 3.60. The summed E-state index contributed by atoms with van der Waals surface area (Å²) in [6.45, 7) is 0. The van der Waals surface area contributed by atoms with Crippen LogP contribution in [0.5, 0.6) is 0 Å². The van der Waals surface area contributed by atoms with E-state index < -0.39 is 6.10 Å². The molecular weight excluding hydrogens is 323 g/mol. The van der Waals surface area contributed by atoms with Gasteiger partial charge in [-0.2, -0.15) is 0 Å². The highest BCUT2D eigenvalue weighted by Gasteiger charge is 2.15. The van der Waals surface area contributed by atoms with Gasteiger partial charge in [-0.15, -0.1) is 0 Å². The molecule has 0 fully saturated rings. The Bertz CT molecular complexity index is 543. The van der Waals surface area contributed by atoms with Crippen molar-refractivity contribution in [3.05, 3.63) is 68.1 Å². The summed E-state index contributed by atoms with van der Waals surface area (Å²) in [4.78, 5) is 0. The quantitative estimate of drug-likeness (QED) is 0.835. The van der Waals surface area contributed by atoms with Crippen LogP contribution in [0.2, 0.25) is 10.0 Å². The Morgan fingerprint density at radius 3 is 2.47 bits per heavy atom. The van der Waals surface area contributed by atoms with Crippen LogP contribution in [0, 0.1) is 0 Å². The van der Waals surface area contributed by atoms with Crippen LogP contribution in [0.25, 0.3) is 0 Å². The van der Waals surface area contributed by atoms with Crippen LogP contribution < -0.4 is 0 Å². The molecule has 0 saturated carbocycles. The van der Waals surface area contributed by atoms with Crippen LogP contribution in [0.1, 0.15) is 17.2 Å². The van der Waals surface area contributed by atoms with E-state index in [4.69, 9.17) is 23.2 Å². The lowest BCUT2D eigenvalue weighted by Crippen LogP contribution is -2.00. The first kappa shape index (κ1) is 12.9. The molecule has 2 aromatic carbocycles. The van der Waals surface area contributed by atoms with Gasteiger partial charge in [0.05, 0.1) is 10.0 Å². The van der Waals surface area contributed by atoms with Crippen LogP contribution in [-0.4, -0.2) is 5.11 Å². The molecule has 2 rings (SSSR count). The molecule has 0 amide bonds. The molecule has 0 heterocycles. The molecule has 0 aromatic heterocycles. The first-order chi connectivity index (χ1) is 8.09. The highest BCUT2D eigenvalue weighted by atomic mass is 79.9. The summed E-state index contributed by atoms with van der Waals surface area (Å²) < 4.78 is 0.909. The van der Waals surface area contributed by atoms with Gasteiger partial charge < -0.3 is 5.11 Å². The van der Waals surface area contributed by atoms with Gasteiger partial charge in [0, 0.05) is 10.0 Å². The number of rotatable bonds is 2. The van der Waals surface area contributed by atoms with Gasteiger partial charge in [-0.25, -0.2) is 0 Å². The van der Waals surface area contributed by atoms with Gasteiger partial charge in [0.2, 0.25) is 0 Å². The Kier molecular flexibility index (Phi) is 4.10. The Balaban J connectivity index is 2.44. The topological polar surface area (TPSA) is 20.2 Å². The summed E-state index contributed by atoms with van der Waals surface area (Å²) in [5, 5.41) is 11.1. The molecule has 1 unspecified atom stereocenters. The zero-order chi connectivity index (χ0) is 12.4. The standard InChI is InChI=1S/C13H9BrCl2O/c14-9-4-1-3-8(7-9)13(17)10-5-2-6-11(15)12(10)16/h1-7,13,17H. The van der Waals surface area contributed by atoms with Crippen molar-refractivity contribution in [2.45, 2.75) is 6.10 Å². The number of benzene rings is 2. The van der Waals surface area contributed by atoms with E-state index in [-0.39, 0.29) is 0 Å². The minimum Gasteiger partial charge on any atom is -0.384 e. The van der Waals surface area contributed by atoms with Gasteiger partial charge in [-0.3, -0.25) is 0 Å². The zero-order valence-electron chi connectivity index (χ0n) is 8.70. The Morgan fingerprint density at radius 2 is 1.76 bits per heavy atom.